The van der Waals surface area contributed by atoms with Gasteiger partial charge in [0.05, 0.1) is 0 Å². The monoisotopic (exact) mass is 111 g/mol. The average Bonchev–Trinajstić information content (AvgIpc) is 1.81. The highest BCUT2D eigenvalue weighted by atomic mass is 15.2. The molecule has 0 aromatic rings. The molecule has 46 valence electrons. The second kappa shape index (κ2) is 1.90. The van der Waals surface area contributed by atoms with Gasteiger partial charge in [-0.15, -0.1) is 6.58 Å². The van der Waals surface area contributed by atoms with Crippen molar-refractivity contribution in [3.63, 3.8) is 0 Å². The molecule has 1 aliphatic heterocycles. The van der Waals surface area contributed by atoms with Crippen LogP contribution in [0.2, 0.25) is 0 Å². The largest absolute Gasteiger partial charge is 0.297 e. The molecule has 1 rings (SSSR count). The number of rotatable bonds is 1. The van der Waals surface area contributed by atoms with Gasteiger partial charge in [-0.25, -0.2) is 0 Å². The topological polar surface area (TPSA) is 3.24 Å². The van der Waals surface area contributed by atoms with Crippen LogP contribution in [0, 0.1) is 0 Å². The summed E-state index contributed by atoms with van der Waals surface area (Å²) in [6.45, 7) is 5.96. The van der Waals surface area contributed by atoms with Crippen LogP contribution >= 0.6 is 0 Å². The van der Waals surface area contributed by atoms with E-state index in [1.807, 2.05) is 6.08 Å². The summed E-state index contributed by atoms with van der Waals surface area (Å²) in [4.78, 5) is 2.33. The highest BCUT2D eigenvalue weighted by Crippen LogP contribution is 2.22. The number of hydrogen-bond acceptors (Lipinski definition) is 1. The molecule has 0 bridgehead atoms. The molecule has 0 aliphatic carbocycles. The lowest BCUT2D eigenvalue weighted by Crippen LogP contribution is -2.50. The van der Waals surface area contributed by atoms with Crippen LogP contribution in [-0.2, 0) is 0 Å². The number of hydrogen-bond donors (Lipinski definition) is 0. The molecular formula is C7H13N. The number of nitrogens with zero attached hydrogens (tertiary/aromatic N) is 1. The minimum absolute atomic E-state index is 0.657. The predicted octanol–water partition coefficient (Wildman–Crippen LogP) is 1.27. The first-order valence-electron chi connectivity index (χ1n) is 3.10. The van der Waals surface area contributed by atoms with E-state index in [1.165, 1.54) is 6.42 Å². The third-order valence-electron chi connectivity index (χ3n) is 2.07. The summed E-state index contributed by atoms with van der Waals surface area (Å²) in [6.07, 6.45) is 3.31. The zero-order valence-corrected chi connectivity index (χ0v) is 5.59. The van der Waals surface area contributed by atoms with E-state index in [4.69, 9.17) is 0 Å². The van der Waals surface area contributed by atoms with Crippen LogP contribution in [0.25, 0.3) is 0 Å². The first-order chi connectivity index (χ1) is 3.75. The molecule has 0 amide bonds. The Labute approximate surface area is 51.0 Å². The summed E-state index contributed by atoms with van der Waals surface area (Å²) in [6, 6.07) is 1.43. The van der Waals surface area contributed by atoms with Gasteiger partial charge in [-0.1, -0.05) is 6.08 Å². The zero-order chi connectivity index (χ0) is 6.15. The molecule has 1 fully saturated rings. The number of likely N-dealkylation sites (N-methyl/N-ethyl adjacent to an activating group) is 1. The maximum Gasteiger partial charge on any atom is 0.0290 e. The van der Waals surface area contributed by atoms with Gasteiger partial charge in [-0.2, -0.15) is 0 Å². The molecule has 1 aliphatic rings. The summed E-state index contributed by atoms with van der Waals surface area (Å²) in [5.74, 6) is 0. The fraction of sp³-hybridized carbons (Fsp3) is 0.714. The van der Waals surface area contributed by atoms with Crippen molar-refractivity contribution in [2.45, 2.75) is 25.4 Å². The van der Waals surface area contributed by atoms with E-state index < -0.39 is 0 Å². The minimum Gasteiger partial charge on any atom is -0.297 e. The Hall–Kier alpha value is -0.300. The van der Waals surface area contributed by atoms with E-state index in [-0.39, 0.29) is 0 Å². The molecule has 2 atom stereocenters. The maximum atomic E-state index is 3.73. The fourth-order valence-corrected chi connectivity index (χ4v) is 1.13. The predicted molar refractivity (Wildman–Crippen MR) is 35.8 cm³/mol. The van der Waals surface area contributed by atoms with Crippen molar-refractivity contribution in [2.24, 2.45) is 0 Å². The van der Waals surface area contributed by atoms with Crippen LogP contribution in [0.3, 0.4) is 0 Å². The van der Waals surface area contributed by atoms with Gasteiger partial charge in [-0.3, -0.25) is 4.90 Å². The van der Waals surface area contributed by atoms with Crippen molar-refractivity contribution in [1.82, 2.24) is 4.90 Å². The molecule has 1 heterocycles. The van der Waals surface area contributed by atoms with Gasteiger partial charge in [0, 0.05) is 12.1 Å². The van der Waals surface area contributed by atoms with Crippen molar-refractivity contribution >= 4 is 0 Å². The highest BCUT2D eigenvalue weighted by Gasteiger charge is 2.28. The van der Waals surface area contributed by atoms with Crippen LogP contribution < -0.4 is 0 Å². The molecular weight excluding hydrogens is 98.1 g/mol. The van der Waals surface area contributed by atoms with E-state index in [1.54, 1.807) is 0 Å². The van der Waals surface area contributed by atoms with Gasteiger partial charge >= 0.3 is 0 Å². The lowest BCUT2D eigenvalue weighted by molar-refractivity contribution is 0.0894. The second-order valence-electron chi connectivity index (χ2n) is 2.55. The Morgan fingerprint density at radius 2 is 2.38 bits per heavy atom. The van der Waals surface area contributed by atoms with Gasteiger partial charge < -0.3 is 0 Å². The van der Waals surface area contributed by atoms with E-state index in [9.17, 15) is 0 Å². The van der Waals surface area contributed by atoms with Crippen LogP contribution in [0.1, 0.15) is 13.3 Å². The van der Waals surface area contributed by atoms with E-state index in [0.29, 0.717) is 6.04 Å². The summed E-state index contributed by atoms with van der Waals surface area (Å²) >= 11 is 0. The normalized spacial score (nSPS) is 38.8. The molecule has 0 spiro atoms. The van der Waals surface area contributed by atoms with Crippen molar-refractivity contribution in [3.05, 3.63) is 12.7 Å². The SMILES string of the molecule is C=CC1CC(C)N1C. The summed E-state index contributed by atoms with van der Waals surface area (Å²) in [5.41, 5.74) is 0. The quantitative estimate of drug-likeness (QED) is 0.460. The fourth-order valence-electron chi connectivity index (χ4n) is 1.13. The minimum atomic E-state index is 0.657. The molecule has 0 saturated carbocycles. The maximum absolute atomic E-state index is 3.73. The standard InChI is InChI=1S/C7H13N/c1-4-7-5-6(2)8(7)3/h4,6-7H,1,5H2,2-3H3. The van der Waals surface area contributed by atoms with E-state index >= 15 is 0 Å². The molecule has 0 radical (unpaired) electrons. The first kappa shape index (κ1) is 5.83. The van der Waals surface area contributed by atoms with Gasteiger partial charge in [0.1, 0.15) is 0 Å². The lowest BCUT2D eigenvalue weighted by atomic mass is 9.96. The van der Waals surface area contributed by atoms with Crippen molar-refractivity contribution < 1.29 is 0 Å². The van der Waals surface area contributed by atoms with Gasteiger partial charge in [0.25, 0.3) is 0 Å². The number of likely N-dealkylation sites (tertiary alicyclic amines) is 1. The zero-order valence-electron chi connectivity index (χ0n) is 5.59. The Bertz CT molecular complexity index is 98.6. The molecule has 1 nitrogen and oxygen atoms in total. The third kappa shape index (κ3) is 0.671. The van der Waals surface area contributed by atoms with E-state index in [0.717, 1.165) is 6.04 Å². The van der Waals surface area contributed by atoms with Crippen molar-refractivity contribution in [1.29, 1.82) is 0 Å². The molecule has 1 heteroatoms. The Morgan fingerprint density at radius 1 is 1.75 bits per heavy atom. The Balaban J connectivity index is 2.35. The molecule has 8 heavy (non-hydrogen) atoms. The third-order valence-corrected chi connectivity index (χ3v) is 2.07. The molecule has 0 aromatic heterocycles. The van der Waals surface area contributed by atoms with Crippen LogP contribution in [0.15, 0.2) is 12.7 Å². The van der Waals surface area contributed by atoms with Crippen LogP contribution in [-0.4, -0.2) is 24.0 Å². The first-order valence-corrected chi connectivity index (χ1v) is 3.10. The highest BCUT2D eigenvalue weighted by molar-refractivity contribution is 4.98. The van der Waals surface area contributed by atoms with Crippen LogP contribution in [0.4, 0.5) is 0 Å². The van der Waals surface area contributed by atoms with Crippen LogP contribution in [0.5, 0.6) is 0 Å². The smallest absolute Gasteiger partial charge is 0.0290 e. The Morgan fingerprint density at radius 3 is 2.50 bits per heavy atom. The van der Waals surface area contributed by atoms with E-state index in [2.05, 4.69) is 25.5 Å². The summed E-state index contributed by atoms with van der Waals surface area (Å²) in [7, 11) is 2.14. The summed E-state index contributed by atoms with van der Waals surface area (Å²) < 4.78 is 0. The van der Waals surface area contributed by atoms with Gasteiger partial charge in [-0.05, 0) is 20.4 Å². The van der Waals surface area contributed by atoms with Gasteiger partial charge in [0.2, 0.25) is 0 Å². The summed E-state index contributed by atoms with van der Waals surface area (Å²) in [5, 5.41) is 0. The van der Waals surface area contributed by atoms with Crippen molar-refractivity contribution in [3.8, 4) is 0 Å². The second-order valence-corrected chi connectivity index (χ2v) is 2.55. The molecule has 0 aromatic carbocycles. The lowest BCUT2D eigenvalue weighted by Gasteiger charge is -2.42. The van der Waals surface area contributed by atoms with Crippen molar-refractivity contribution in [2.75, 3.05) is 7.05 Å². The Kier molecular flexibility index (Phi) is 1.39. The van der Waals surface area contributed by atoms with Gasteiger partial charge in [0.15, 0.2) is 0 Å². The molecule has 2 unspecified atom stereocenters. The molecule has 0 N–H and O–H groups in total. The molecule has 1 saturated heterocycles. The average molecular weight is 111 g/mol.